The van der Waals surface area contributed by atoms with Crippen LogP contribution in [0.2, 0.25) is 0 Å². The molecule has 0 aliphatic carbocycles. The van der Waals surface area contributed by atoms with E-state index in [2.05, 4.69) is 16.0 Å². The lowest BCUT2D eigenvalue weighted by Crippen LogP contribution is -2.45. The number of hydrogen-bond acceptors (Lipinski definition) is 5. The maximum absolute atomic E-state index is 13.1. The number of amides is 1. The number of hydrogen-bond donors (Lipinski definition) is 3. The van der Waals surface area contributed by atoms with Crippen LogP contribution in [0.4, 0.5) is 5.69 Å². The first kappa shape index (κ1) is 20.3. The average molecular weight is 411 g/mol. The van der Waals surface area contributed by atoms with Gasteiger partial charge in [-0.05, 0) is 49.0 Å². The molecule has 1 atom stereocenters. The highest BCUT2D eigenvalue weighted by Gasteiger charge is 2.30. The molecule has 0 aromatic heterocycles. The van der Waals surface area contributed by atoms with Crippen LogP contribution in [0, 0.1) is 0 Å². The number of para-hydroxylation sites is 2. The third-order valence-electron chi connectivity index (χ3n) is 4.53. The molecule has 0 bridgehead atoms. The summed E-state index contributed by atoms with van der Waals surface area (Å²) in [6, 6.07) is 13.5. The molecule has 0 unspecified atom stereocenters. The molecule has 0 radical (unpaired) electrons. The molecule has 8 heteroatoms. The second-order valence-electron chi connectivity index (χ2n) is 6.34. The molecule has 150 valence electrons. The zero-order valence-corrected chi connectivity index (χ0v) is 17.1. The summed E-state index contributed by atoms with van der Waals surface area (Å²) in [4.78, 5) is 24.8. The van der Waals surface area contributed by atoms with E-state index in [1.807, 2.05) is 12.1 Å². The Morgan fingerprint density at radius 3 is 2.41 bits per heavy atom. The maximum atomic E-state index is 13.1. The Hall–Kier alpha value is -3.39. The topological polar surface area (TPSA) is 88.7 Å². The molecule has 1 aliphatic rings. The number of nitrogens with one attached hydrogen (secondary N) is 3. The number of methoxy groups -OCH3 is 2. The van der Waals surface area contributed by atoms with Gasteiger partial charge < -0.3 is 25.4 Å². The van der Waals surface area contributed by atoms with Crippen molar-refractivity contribution in [1.29, 1.82) is 0 Å². The highest BCUT2D eigenvalue weighted by atomic mass is 32.1. The standard InChI is InChI=1S/C21H21N3O4S/c1-12-17(19(25)23-15-6-4-5-7-16(15)27-2)18(24-21(29)22-12)13-8-10-14(11-9-13)20(26)28-3/h4-11,18H,1-3H3,(H,23,25)(H2,22,24,29)/t18-/m1/s1. The van der Waals surface area contributed by atoms with Gasteiger partial charge in [-0.1, -0.05) is 24.3 Å². The Kier molecular flexibility index (Phi) is 6.13. The van der Waals surface area contributed by atoms with Crippen molar-refractivity contribution < 1.29 is 19.1 Å². The van der Waals surface area contributed by atoms with Crippen molar-refractivity contribution in [1.82, 2.24) is 10.6 Å². The van der Waals surface area contributed by atoms with E-state index in [0.717, 1.165) is 5.56 Å². The molecular weight excluding hydrogens is 390 g/mol. The van der Waals surface area contributed by atoms with Crippen molar-refractivity contribution in [3.8, 4) is 5.75 Å². The van der Waals surface area contributed by atoms with Crippen molar-refractivity contribution in [2.24, 2.45) is 0 Å². The number of thiocarbonyl (C=S) groups is 1. The van der Waals surface area contributed by atoms with Crippen LogP contribution in [-0.2, 0) is 9.53 Å². The van der Waals surface area contributed by atoms with Crippen LogP contribution in [0.25, 0.3) is 0 Å². The molecule has 0 saturated carbocycles. The van der Waals surface area contributed by atoms with Gasteiger partial charge in [0.05, 0.1) is 37.1 Å². The summed E-state index contributed by atoms with van der Waals surface area (Å²) in [6.07, 6.45) is 0. The molecular formula is C21H21N3O4S. The van der Waals surface area contributed by atoms with Gasteiger partial charge in [0, 0.05) is 5.70 Å². The summed E-state index contributed by atoms with van der Waals surface area (Å²) in [5.74, 6) is -0.159. The van der Waals surface area contributed by atoms with Crippen molar-refractivity contribution >= 4 is 34.9 Å². The minimum Gasteiger partial charge on any atom is -0.495 e. The number of anilines is 1. The van der Waals surface area contributed by atoms with Gasteiger partial charge in [0.15, 0.2) is 5.11 Å². The third-order valence-corrected chi connectivity index (χ3v) is 4.75. The van der Waals surface area contributed by atoms with Crippen LogP contribution in [0.1, 0.15) is 28.9 Å². The Labute approximate surface area is 174 Å². The molecule has 2 aromatic rings. The van der Waals surface area contributed by atoms with Crippen LogP contribution in [0.5, 0.6) is 5.75 Å². The normalized spacial score (nSPS) is 15.8. The van der Waals surface area contributed by atoms with Gasteiger partial charge in [-0.2, -0.15) is 0 Å². The molecule has 3 rings (SSSR count). The number of ether oxygens (including phenoxy) is 2. The number of carbonyl (C=O) groups excluding carboxylic acids is 2. The lowest BCUT2D eigenvalue weighted by Gasteiger charge is -2.30. The molecule has 3 N–H and O–H groups in total. The second-order valence-corrected chi connectivity index (χ2v) is 6.75. The fourth-order valence-electron chi connectivity index (χ4n) is 3.11. The molecule has 1 aliphatic heterocycles. The first-order chi connectivity index (χ1) is 13.9. The lowest BCUT2D eigenvalue weighted by molar-refractivity contribution is -0.113. The molecule has 1 heterocycles. The Bertz CT molecular complexity index is 986. The van der Waals surface area contributed by atoms with Gasteiger partial charge in [-0.3, -0.25) is 4.79 Å². The van der Waals surface area contributed by atoms with Crippen LogP contribution in [0.3, 0.4) is 0 Å². The van der Waals surface area contributed by atoms with E-state index in [4.69, 9.17) is 21.7 Å². The highest BCUT2D eigenvalue weighted by molar-refractivity contribution is 7.80. The van der Waals surface area contributed by atoms with E-state index in [1.54, 1.807) is 50.4 Å². The first-order valence-electron chi connectivity index (χ1n) is 8.85. The quantitative estimate of drug-likeness (QED) is 0.515. The SMILES string of the molecule is COC(=O)c1ccc([C@H]2NC(=S)NC(C)=C2C(=O)Nc2ccccc2OC)cc1. The van der Waals surface area contributed by atoms with Gasteiger partial charge >= 0.3 is 5.97 Å². The Balaban J connectivity index is 1.93. The van der Waals surface area contributed by atoms with Crippen LogP contribution in [-0.4, -0.2) is 31.2 Å². The van der Waals surface area contributed by atoms with Crippen LogP contribution in [0.15, 0.2) is 59.8 Å². The lowest BCUT2D eigenvalue weighted by atomic mass is 9.94. The largest absolute Gasteiger partial charge is 0.495 e. The van der Waals surface area contributed by atoms with E-state index in [9.17, 15) is 9.59 Å². The highest BCUT2D eigenvalue weighted by Crippen LogP contribution is 2.30. The van der Waals surface area contributed by atoms with Gasteiger partial charge in [0.1, 0.15) is 5.75 Å². The van der Waals surface area contributed by atoms with E-state index >= 15 is 0 Å². The second kappa shape index (κ2) is 8.74. The average Bonchev–Trinajstić information content (AvgIpc) is 2.73. The minimum atomic E-state index is -0.481. The molecule has 7 nitrogen and oxygen atoms in total. The van der Waals surface area contributed by atoms with Crippen molar-refractivity contribution in [2.75, 3.05) is 19.5 Å². The maximum Gasteiger partial charge on any atom is 0.337 e. The van der Waals surface area contributed by atoms with E-state index < -0.39 is 12.0 Å². The summed E-state index contributed by atoms with van der Waals surface area (Å²) in [7, 11) is 2.87. The first-order valence-corrected chi connectivity index (χ1v) is 9.26. The van der Waals surface area contributed by atoms with Crippen LogP contribution < -0.4 is 20.7 Å². The van der Waals surface area contributed by atoms with Crippen molar-refractivity contribution in [3.05, 3.63) is 70.9 Å². The molecule has 0 spiro atoms. The Morgan fingerprint density at radius 2 is 1.76 bits per heavy atom. The predicted octanol–water partition coefficient (Wildman–Crippen LogP) is 2.91. The number of benzene rings is 2. The minimum absolute atomic E-state index is 0.295. The van der Waals surface area contributed by atoms with E-state index in [1.165, 1.54) is 7.11 Å². The van der Waals surface area contributed by atoms with Gasteiger partial charge in [-0.25, -0.2) is 4.79 Å². The monoisotopic (exact) mass is 411 g/mol. The molecule has 1 amide bonds. The van der Waals surface area contributed by atoms with Gasteiger partial charge in [0.25, 0.3) is 5.91 Å². The molecule has 0 saturated heterocycles. The summed E-state index contributed by atoms with van der Waals surface area (Å²) < 4.78 is 10.0. The summed E-state index contributed by atoms with van der Waals surface area (Å²) >= 11 is 5.27. The smallest absolute Gasteiger partial charge is 0.337 e. The number of esters is 1. The van der Waals surface area contributed by atoms with E-state index in [0.29, 0.717) is 33.4 Å². The number of allylic oxidation sites excluding steroid dienone is 1. The fraction of sp³-hybridized carbons (Fsp3) is 0.190. The zero-order valence-electron chi connectivity index (χ0n) is 16.2. The summed E-state index contributed by atoms with van der Waals surface area (Å²) in [6.45, 7) is 1.79. The van der Waals surface area contributed by atoms with Gasteiger partial charge in [0.2, 0.25) is 0 Å². The predicted molar refractivity (Wildman–Crippen MR) is 114 cm³/mol. The van der Waals surface area contributed by atoms with E-state index in [-0.39, 0.29) is 5.91 Å². The van der Waals surface area contributed by atoms with Gasteiger partial charge in [-0.15, -0.1) is 0 Å². The molecule has 0 fully saturated rings. The van der Waals surface area contributed by atoms with Crippen LogP contribution >= 0.6 is 12.2 Å². The Morgan fingerprint density at radius 1 is 1.07 bits per heavy atom. The van der Waals surface area contributed by atoms with Crippen molar-refractivity contribution in [2.45, 2.75) is 13.0 Å². The number of rotatable bonds is 5. The zero-order chi connectivity index (χ0) is 21.0. The fourth-order valence-corrected chi connectivity index (χ4v) is 3.38. The third kappa shape index (κ3) is 4.38. The summed E-state index contributed by atoms with van der Waals surface area (Å²) in [5, 5.41) is 9.43. The molecule has 29 heavy (non-hydrogen) atoms. The molecule has 2 aromatic carbocycles. The summed E-state index contributed by atoms with van der Waals surface area (Å²) in [5.41, 5.74) is 2.89. The number of carbonyl (C=O) groups is 2. The van der Waals surface area contributed by atoms with Crippen molar-refractivity contribution in [3.63, 3.8) is 0 Å².